The summed E-state index contributed by atoms with van der Waals surface area (Å²) in [6, 6.07) is 17.3. The fourth-order valence-electron chi connectivity index (χ4n) is 3.75. The van der Waals surface area contributed by atoms with E-state index in [-0.39, 0.29) is 5.91 Å². The van der Waals surface area contributed by atoms with Crippen LogP contribution >= 0.6 is 11.3 Å². The van der Waals surface area contributed by atoms with E-state index in [2.05, 4.69) is 37.9 Å². The molecule has 1 amide bonds. The Morgan fingerprint density at radius 1 is 1.06 bits per heavy atom. The number of aromatic nitrogens is 2. The number of amides is 1. The zero-order valence-corrected chi connectivity index (χ0v) is 20.2. The number of hydrogen-bond donors (Lipinski definition) is 0. The van der Waals surface area contributed by atoms with Crippen molar-refractivity contribution in [3.8, 4) is 5.75 Å². The highest BCUT2D eigenvalue weighted by atomic mass is 32.1. The van der Waals surface area contributed by atoms with Crippen molar-refractivity contribution in [2.75, 3.05) is 11.5 Å². The van der Waals surface area contributed by atoms with E-state index in [4.69, 9.17) is 9.72 Å². The predicted molar refractivity (Wildman–Crippen MR) is 135 cm³/mol. The van der Waals surface area contributed by atoms with Gasteiger partial charge in [-0.25, -0.2) is 4.98 Å². The predicted octanol–water partition coefficient (Wildman–Crippen LogP) is 6.72. The van der Waals surface area contributed by atoms with Gasteiger partial charge in [-0.15, -0.1) is 0 Å². The van der Waals surface area contributed by atoms with Crippen LogP contribution in [0.4, 0.5) is 5.13 Å². The fourth-order valence-corrected chi connectivity index (χ4v) is 4.77. The molecule has 0 aliphatic rings. The molecule has 0 radical (unpaired) electrons. The van der Waals surface area contributed by atoms with Crippen LogP contribution in [0.2, 0.25) is 0 Å². The summed E-state index contributed by atoms with van der Waals surface area (Å²) in [7, 11) is 0. The lowest BCUT2D eigenvalue weighted by atomic mass is 10.1. The lowest BCUT2D eigenvalue weighted by Gasteiger charge is -2.20. The van der Waals surface area contributed by atoms with Crippen molar-refractivity contribution in [2.24, 2.45) is 0 Å². The summed E-state index contributed by atoms with van der Waals surface area (Å²) in [4.78, 5) is 24.6. The summed E-state index contributed by atoms with van der Waals surface area (Å²) in [5.74, 6) is 0.677. The van der Waals surface area contributed by atoms with E-state index in [0.717, 1.165) is 46.5 Å². The third kappa shape index (κ3) is 5.57. The van der Waals surface area contributed by atoms with Crippen LogP contribution in [-0.4, -0.2) is 22.5 Å². The van der Waals surface area contributed by atoms with Gasteiger partial charge in [0.15, 0.2) is 5.13 Å². The van der Waals surface area contributed by atoms with Crippen LogP contribution in [0.3, 0.4) is 0 Å². The van der Waals surface area contributed by atoms with Gasteiger partial charge in [-0.1, -0.05) is 43.2 Å². The van der Waals surface area contributed by atoms with Crippen molar-refractivity contribution >= 4 is 32.6 Å². The molecule has 2 heterocycles. The van der Waals surface area contributed by atoms with Crippen molar-refractivity contribution in [3.63, 3.8) is 0 Å². The minimum Gasteiger partial charge on any atom is -0.494 e. The molecule has 0 aliphatic heterocycles. The molecule has 0 fully saturated rings. The molecular weight excluding hydrogens is 430 g/mol. The van der Waals surface area contributed by atoms with Gasteiger partial charge in [0, 0.05) is 11.8 Å². The minimum absolute atomic E-state index is 0.105. The second-order valence-corrected chi connectivity index (χ2v) is 9.20. The Kier molecular flexibility index (Phi) is 7.35. The van der Waals surface area contributed by atoms with Gasteiger partial charge in [-0.2, -0.15) is 0 Å². The zero-order chi connectivity index (χ0) is 23.2. The molecule has 0 N–H and O–H groups in total. The first-order chi connectivity index (χ1) is 16.0. The van der Waals surface area contributed by atoms with Gasteiger partial charge in [-0.3, -0.25) is 14.7 Å². The Hall–Kier alpha value is -3.25. The molecule has 2 aromatic carbocycles. The van der Waals surface area contributed by atoms with Crippen LogP contribution in [0.15, 0.2) is 60.8 Å². The topological polar surface area (TPSA) is 55.3 Å². The molecule has 0 saturated carbocycles. The van der Waals surface area contributed by atoms with Crippen molar-refractivity contribution in [2.45, 2.75) is 46.6 Å². The number of aryl methyl sites for hydroxylation is 2. The molecule has 2 aromatic heterocycles. The summed E-state index contributed by atoms with van der Waals surface area (Å²) in [5, 5.41) is 0.675. The molecule has 0 saturated heterocycles. The average molecular weight is 460 g/mol. The maximum Gasteiger partial charge on any atom is 0.260 e. The number of hydrogen-bond acceptors (Lipinski definition) is 5. The van der Waals surface area contributed by atoms with Gasteiger partial charge in [0.1, 0.15) is 5.75 Å². The summed E-state index contributed by atoms with van der Waals surface area (Å²) < 4.78 is 6.90. The van der Waals surface area contributed by atoms with Gasteiger partial charge in [0.25, 0.3) is 5.91 Å². The van der Waals surface area contributed by atoms with E-state index in [1.807, 2.05) is 42.5 Å². The smallest absolute Gasteiger partial charge is 0.260 e. The van der Waals surface area contributed by atoms with Crippen LogP contribution in [0.25, 0.3) is 10.2 Å². The van der Waals surface area contributed by atoms with E-state index < -0.39 is 0 Å². The summed E-state index contributed by atoms with van der Waals surface area (Å²) in [6.07, 6.45) is 5.09. The number of ether oxygens (including phenoxy) is 1. The van der Waals surface area contributed by atoms with Crippen molar-refractivity contribution in [1.29, 1.82) is 0 Å². The third-order valence-corrected chi connectivity index (χ3v) is 6.68. The average Bonchev–Trinajstić information content (AvgIpc) is 3.25. The van der Waals surface area contributed by atoms with Crippen LogP contribution in [0.5, 0.6) is 5.75 Å². The highest BCUT2D eigenvalue weighted by Crippen LogP contribution is 2.33. The standard InChI is InChI=1S/C27H29N3O2S/c1-4-5-8-15-32-23-12-10-21(11-13-23)26(31)30(18-22-9-6-7-14-28-22)27-29-24-17-19(2)16-20(3)25(24)33-27/h6-7,9-14,16-17H,4-5,8,15,18H2,1-3H3. The number of unbranched alkanes of at least 4 members (excludes halogenated alkanes) is 2. The maximum atomic E-state index is 13.6. The Balaban J connectivity index is 1.62. The molecule has 0 spiro atoms. The van der Waals surface area contributed by atoms with Gasteiger partial charge >= 0.3 is 0 Å². The molecule has 170 valence electrons. The fraction of sp³-hybridized carbons (Fsp3) is 0.296. The Bertz CT molecular complexity index is 1220. The quantitative estimate of drug-likeness (QED) is 0.261. The number of rotatable bonds is 9. The van der Waals surface area contributed by atoms with Gasteiger partial charge in [0.05, 0.1) is 29.1 Å². The largest absolute Gasteiger partial charge is 0.494 e. The second-order valence-electron chi connectivity index (χ2n) is 8.22. The van der Waals surface area contributed by atoms with Crippen LogP contribution in [0.1, 0.15) is 53.4 Å². The minimum atomic E-state index is -0.105. The van der Waals surface area contributed by atoms with Crippen LogP contribution in [-0.2, 0) is 6.54 Å². The molecule has 0 bridgehead atoms. The molecule has 0 aliphatic carbocycles. The molecule has 6 heteroatoms. The second kappa shape index (κ2) is 10.6. The number of carbonyl (C=O) groups is 1. The number of pyridine rings is 1. The van der Waals surface area contributed by atoms with E-state index >= 15 is 0 Å². The van der Waals surface area contributed by atoms with Crippen molar-refractivity contribution < 1.29 is 9.53 Å². The highest BCUT2D eigenvalue weighted by Gasteiger charge is 2.23. The van der Waals surface area contributed by atoms with E-state index in [0.29, 0.717) is 23.8 Å². The lowest BCUT2D eigenvalue weighted by Crippen LogP contribution is -2.30. The first-order valence-corrected chi connectivity index (χ1v) is 12.2. The monoisotopic (exact) mass is 459 g/mol. The first kappa shape index (κ1) is 22.9. The first-order valence-electron chi connectivity index (χ1n) is 11.4. The lowest BCUT2D eigenvalue weighted by molar-refractivity contribution is 0.0985. The molecule has 4 aromatic rings. The summed E-state index contributed by atoms with van der Waals surface area (Å²) in [6.45, 7) is 7.37. The number of carbonyl (C=O) groups excluding carboxylic acids is 1. The summed E-state index contributed by atoms with van der Waals surface area (Å²) in [5.41, 5.74) is 4.66. The molecule has 0 unspecified atom stereocenters. The molecule has 0 atom stereocenters. The van der Waals surface area contributed by atoms with E-state index in [1.165, 1.54) is 5.56 Å². The highest BCUT2D eigenvalue weighted by molar-refractivity contribution is 7.22. The zero-order valence-electron chi connectivity index (χ0n) is 19.4. The Labute approximate surface area is 199 Å². The number of benzene rings is 2. The van der Waals surface area contributed by atoms with E-state index in [9.17, 15) is 4.79 Å². The molecule has 4 rings (SSSR count). The maximum absolute atomic E-state index is 13.6. The number of fused-ring (bicyclic) bond motifs is 1. The van der Waals surface area contributed by atoms with Gasteiger partial charge in [-0.05, 0) is 73.9 Å². The van der Waals surface area contributed by atoms with Crippen molar-refractivity contribution in [3.05, 3.63) is 83.2 Å². The Morgan fingerprint density at radius 2 is 1.88 bits per heavy atom. The summed E-state index contributed by atoms with van der Waals surface area (Å²) >= 11 is 1.54. The number of thiazole rings is 1. The third-order valence-electron chi connectivity index (χ3n) is 5.45. The van der Waals surface area contributed by atoms with Crippen molar-refractivity contribution in [1.82, 2.24) is 9.97 Å². The van der Waals surface area contributed by atoms with Crippen LogP contribution in [0, 0.1) is 13.8 Å². The normalized spacial score (nSPS) is 11.0. The SMILES string of the molecule is CCCCCOc1ccc(C(=O)N(Cc2ccccn2)c2nc3cc(C)cc(C)c3s2)cc1. The molecular formula is C27H29N3O2S. The molecule has 5 nitrogen and oxygen atoms in total. The Morgan fingerprint density at radius 3 is 2.61 bits per heavy atom. The number of anilines is 1. The van der Waals surface area contributed by atoms with Gasteiger partial charge < -0.3 is 4.74 Å². The van der Waals surface area contributed by atoms with Crippen LogP contribution < -0.4 is 9.64 Å². The van der Waals surface area contributed by atoms with E-state index in [1.54, 1.807) is 22.4 Å². The number of nitrogens with zero attached hydrogens (tertiary/aromatic N) is 3. The van der Waals surface area contributed by atoms with Gasteiger partial charge in [0.2, 0.25) is 0 Å². The molecule has 33 heavy (non-hydrogen) atoms.